The summed E-state index contributed by atoms with van der Waals surface area (Å²) in [7, 11) is 3.92. The zero-order chi connectivity index (χ0) is 9.84. The van der Waals surface area contributed by atoms with Gasteiger partial charge < -0.3 is 9.45 Å². The van der Waals surface area contributed by atoms with Crippen molar-refractivity contribution in [1.29, 1.82) is 0 Å². The van der Waals surface area contributed by atoms with Crippen molar-refractivity contribution < 1.29 is 8.76 Å². The maximum atomic E-state index is 10.7. The predicted octanol–water partition coefficient (Wildman–Crippen LogP) is 0.680. The van der Waals surface area contributed by atoms with Gasteiger partial charge in [0.25, 0.3) is 0 Å². The Balaban J connectivity index is 0.00000169. The average Bonchev–Trinajstić information content (AvgIpc) is 2.03. The van der Waals surface area contributed by atoms with E-state index >= 15 is 0 Å². The number of benzene rings is 1. The first-order valence-electron chi connectivity index (χ1n) is 3.94. The fraction of sp³-hybridized carbons (Fsp3) is 0.333. The van der Waals surface area contributed by atoms with Gasteiger partial charge in [-0.2, -0.15) is 0 Å². The molecule has 1 atom stereocenters. The van der Waals surface area contributed by atoms with Gasteiger partial charge in [0.1, 0.15) is 0 Å². The molecule has 0 aromatic heterocycles. The molecule has 0 fully saturated rings. The number of nitrogens with zero attached hydrogens (tertiary/aromatic N) is 1. The molecule has 1 aromatic rings. The van der Waals surface area contributed by atoms with E-state index in [0.29, 0.717) is 4.90 Å². The van der Waals surface area contributed by atoms with E-state index < -0.39 is 11.1 Å². The van der Waals surface area contributed by atoms with E-state index in [1.165, 1.54) is 0 Å². The second-order valence-corrected chi connectivity index (χ2v) is 4.10. The Morgan fingerprint density at radius 3 is 2.57 bits per heavy atom. The molecule has 0 amide bonds. The molecule has 1 N–H and O–H groups in total. The number of hydrogen-bond acceptors (Lipinski definition) is 2. The zero-order valence-corrected chi connectivity index (χ0v) is 8.54. The first-order chi connectivity index (χ1) is 6.09. The van der Waals surface area contributed by atoms with Crippen molar-refractivity contribution >= 4 is 29.9 Å². The van der Waals surface area contributed by atoms with E-state index in [1.807, 2.05) is 25.1 Å². The summed E-state index contributed by atoms with van der Waals surface area (Å²) in [5.41, 5.74) is 1.05. The van der Waals surface area contributed by atoms with E-state index in [2.05, 4.69) is 0 Å². The molecule has 74 valence electrons. The van der Waals surface area contributed by atoms with Crippen molar-refractivity contribution in [3.05, 3.63) is 29.8 Å². The fourth-order valence-electron chi connectivity index (χ4n) is 1.12. The Kier molecular flexibility index (Phi) is 6.33. The summed E-state index contributed by atoms with van der Waals surface area (Å²) in [6.07, 6.45) is 0. The van der Waals surface area contributed by atoms with E-state index in [4.69, 9.17) is 4.55 Å². The Hall–Kier alpha value is -0.113. The Morgan fingerprint density at radius 1 is 1.43 bits per heavy atom. The molecule has 1 rings (SSSR count). The molecule has 3 nitrogen and oxygen atoms in total. The minimum atomic E-state index is -1.87. The van der Waals surface area contributed by atoms with Crippen LogP contribution in [0, 0.1) is 0 Å². The summed E-state index contributed by atoms with van der Waals surface area (Å²) in [5.74, 6) is 0. The number of rotatable bonds is 3. The van der Waals surface area contributed by atoms with Crippen molar-refractivity contribution in [2.24, 2.45) is 0 Å². The fourth-order valence-corrected chi connectivity index (χ4v) is 1.56. The van der Waals surface area contributed by atoms with Gasteiger partial charge in [-0.05, 0) is 31.8 Å². The number of hydrogen-bond donors (Lipinski definition) is 1. The van der Waals surface area contributed by atoms with Gasteiger partial charge in [-0.3, -0.25) is 0 Å². The van der Waals surface area contributed by atoms with E-state index in [1.54, 1.807) is 18.2 Å². The third-order valence-electron chi connectivity index (χ3n) is 1.60. The van der Waals surface area contributed by atoms with E-state index in [0.717, 1.165) is 12.1 Å². The van der Waals surface area contributed by atoms with Crippen molar-refractivity contribution in [3.8, 4) is 0 Å². The van der Waals surface area contributed by atoms with Crippen LogP contribution in [0.15, 0.2) is 29.2 Å². The summed E-state index contributed by atoms with van der Waals surface area (Å²) >= 11 is -1.87. The molecule has 1 aromatic carbocycles. The molecule has 0 aliphatic rings. The summed E-state index contributed by atoms with van der Waals surface area (Å²) < 4.78 is 19.6. The van der Waals surface area contributed by atoms with Gasteiger partial charge in [-0.1, -0.05) is 12.1 Å². The monoisotopic (exact) mass is 207 g/mol. The second-order valence-electron chi connectivity index (χ2n) is 3.13. The SMILES string of the molecule is CN(C)Cc1cccc(S(=O)O)c1.[LiH]. The molecule has 1 unspecified atom stereocenters. The normalized spacial score (nSPS) is 12.3. The summed E-state index contributed by atoms with van der Waals surface area (Å²) in [6, 6.07) is 7.13. The van der Waals surface area contributed by atoms with Crippen molar-refractivity contribution in [2.45, 2.75) is 11.4 Å². The molecule has 0 spiro atoms. The van der Waals surface area contributed by atoms with Gasteiger partial charge in [0, 0.05) is 6.54 Å². The molecule has 14 heavy (non-hydrogen) atoms. The maximum absolute atomic E-state index is 10.7. The third-order valence-corrected chi connectivity index (χ3v) is 2.26. The van der Waals surface area contributed by atoms with Gasteiger partial charge in [0.15, 0.2) is 11.1 Å². The molecule has 0 aliphatic heterocycles. The van der Waals surface area contributed by atoms with Crippen LogP contribution < -0.4 is 0 Å². The quantitative estimate of drug-likeness (QED) is 0.585. The van der Waals surface area contributed by atoms with Crippen LogP contribution in [0.4, 0.5) is 0 Å². The molecular weight excluding hydrogens is 193 g/mol. The third kappa shape index (κ3) is 4.40. The van der Waals surface area contributed by atoms with Crippen LogP contribution in [-0.2, 0) is 17.6 Å². The van der Waals surface area contributed by atoms with Crippen LogP contribution in [0.5, 0.6) is 0 Å². The molecule has 0 bridgehead atoms. The van der Waals surface area contributed by atoms with Gasteiger partial charge in [-0.25, -0.2) is 4.21 Å². The first-order valence-corrected chi connectivity index (χ1v) is 5.05. The molecule has 0 aliphatic carbocycles. The van der Waals surface area contributed by atoms with Crippen LogP contribution in [0.1, 0.15) is 5.56 Å². The first kappa shape index (κ1) is 13.9. The molecular formula is C9H14LiNO2S. The minimum absolute atomic E-state index is 0. The van der Waals surface area contributed by atoms with Gasteiger partial charge in [0.05, 0.1) is 4.90 Å². The zero-order valence-electron chi connectivity index (χ0n) is 7.73. The molecule has 0 radical (unpaired) electrons. The Morgan fingerprint density at radius 2 is 2.07 bits per heavy atom. The Labute approximate surface area is 99.0 Å². The van der Waals surface area contributed by atoms with Crippen LogP contribution >= 0.6 is 0 Å². The van der Waals surface area contributed by atoms with Crippen LogP contribution in [0.3, 0.4) is 0 Å². The molecule has 0 saturated carbocycles. The molecule has 0 saturated heterocycles. The summed E-state index contributed by atoms with van der Waals surface area (Å²) in [5, 5.41) is 0. The van der Waals surface area contributed by atoms with E-state index in [9.17, 15) is 4.21 Å². The van der Waals surface area contributed by atoms with Crippen LogP contribution in [0.25, 0.3) is 0 Å². The van der Waals surface area contributed by atoms with Gasteiger partial charge in [-0.15, -0.1) is 0 Å². The molecule has 5 heteroatoms. The Bertz CT molecular complexity index is 317. The van der Waals surface area contributed by atoms with Crippen LogP contribution in [0.2, 0.25) is 0 Å². The topological polar surface area (TPSA) is 40.5 Å². The molecule has 0 heterocycles. The second kappa shape index (κ2) is 6.39. The van der Waals surface area contributed by atoms with Gasteiger partial charge in [0.2, 0.25) is 0 Å². The standard InChI is InChI=1S/C9H13NO2S.Li.H/c1-10(2)7-8-4-3-5-9(6-8)13(11)12;;/h3-6H,7H2,1-2H3,(H,11,12);;. The summed E-state index contributed by atoms with van der Waals surface area (Å²) in [4.78, 5) is 2.47. The summed E-state index contributed by atoms with van der Waals surface area (Å²) in [6.45, 7) is 0.783. The van der Waals surface area contributed by atoms with Crippen molar-refractivity contribution in [1.82, 2.24) is 4.90 Å². The van der Waals surface area contributed by atoms with Crippen LogP contribution in [-0.4, -0.2) is 46.6 Å². The van der Waals surface area contributed by atoms with Gasteiger partial charge >= 0.3 is 18.9 Å². The predicted molar refractivity (Wildman–Crippen MR) is 60.0 cm³/mol. The average molecular weight is 207 g/mol. The van der Waals surface area contributed by atoms with Crippen molar-refractivity contribution in [2.75, 3.05) is 14.1 Å². The van der Waals surface area contributed by atoms with E-state index in [-0.39, 0.29) is 18.9 Å². The van der Waals surface area contributed by atoms with Crippen molar-refractivity contribution in [3.63, 3.8) is 0 Å².